The summed E-state index contributed by atoms with van der Waals surface area (Å²) in [5.74, 6) is 0. The van der Waals surface area contributed by atoms with Crippen molar-refractivity contribution < 1.29 is 0 Å². The highest BCUT2D eigenvalue weighted by Gasteiger charge is 2.37. The second-order valence-corrected chi connectivity index (χ2v) is 5.89. The van der Waals surface area contributed by atoms with E-state index in [1.165, 1.54) is 40.4 Å². The molecular weight excluding hydrogens is 262 g/mol. The highest BCUT2D eigenvalue weighted by Crippen LogP contribution is 2.47. The zero-order valence-electron chi connectivity index (χ0n) is 10.1. The molecule has 2 N–H and O–H groups in total. The minimum atomic E-state index is 0.394. The summed E-state index contributed by atoms with van der Waals surface area (Å²) in [6, 6.07) is 4.68. The summed E-state index contributed by atoms with van der Waals surface area (Å²) in [6.45, 7) is 5.15. The highest BCUT2D eigenvalue weighted by atomic mass is 79.9. The van der Waals surface area contributed by atoms with Crippen LogP contribution in [0.5, 0.6) is 0 Å². The summed E-state index contributed by atoms with van der Waals surface area (Å²) in [5.41, 5.74) is 10.3. The highest BCUT2D eigenvalue weighted by molar-refractivity contribution is 9.10. The van der Waals surface area contributed by atoms with Crippen molar-refractivity contribution in [2.45, 2.75) is 44.9 Å². The maximum atomic E-state index is 5.76. The molecule has 16 heavy (non-hydrogen) atoms. The fraction of sp³-hybridized carbons (Fsp3) is 0.571. The van der Waals surface area contributed by atoms with Crippen molar-refractivity contribution in [3.05, 3.63) is 33.3 Å². The average Bonchev–Trinajstić information content (AvgIpc) is 2.19. The first kappa shape index (κ1) is 12.1. The van der Waals surface area contributed by atoms with Gasteiger partial charge in [0.05, 0.1) is 0 Å². The van der Waals surface area contributed by atoms with Crippen molar-refractivity contribution in [3.63, 3.8) is 0 Å². The zero-order valence-corrected chi connectivity index (χ0v) is 11.7. The van der Waals surface area contributed by atoms with Crippen molar-refractivity contribution in [2.24, 2.45) is 5.73 Å². The van der Waals surface area contributed by atoms with Crippen LogP contribution >= 0.6 is 15.9 Å². The minimum absolute atomic E-state index is 0.394. The third kappa shape index (κ3) is 1.93. The predicted molar refractivity (Wildman–Crippen MR) is 72.8 cm³/mol. The molecule has 2 heteroatoms. The summed E-state index contributed by atoms with van der Waals surface area (Å²) in [4.78, 5) is 0. The van der Waals surface area contributed by atoms with E-state index in [0.29, 0.717) is 5.41 Å². The lowest BCUT2D eigenvalue weighted by Crippen LogP contribution is -2.36. The molecule has 1 aromatic carbocycles. The van der Waals surface area contributed by atoms with Gasteiger partial charge in [0.2, 0.25) is 0 Å². The van der Waals surface area contributed by atoms with Crippen LogP contribution in [0.4, 0.5) is 0 Å². The van der Waals surface area contributed by atoms with Gasteiger partial charge in [-0.3, -0.25) is 0 Å². The van der Waals surface area contributed by atoms with E-state index in [-0.39, 0.29) is 0 Å². The summed E-state index contributed by atoms with van der Waals surface area (Å²) < 4.78 is 1.25. The fourth-order valence-corrected chi connectivity index (χ4v) is 3.04. The quantitative estimate of drug-likeness (QED) is 0.895. The molecule has 1 saturated carbocycles. The largest absolute Gasteiger partial charge is 0.330 e. The third-order valence-corrected chi connectivity index (χ3v) is 5.23. The Labute approximate surface area is 107 Å². The van der Waals surface area contributed by atoms with E-state index in [1.54, 1.807) is 0 Å². The second kappa shape index (κ2) is 4.50. The Balaban J connectivity index is 2.39. The van der Waals surface area contributed by atoms with E-state index >= 15 is 0 Å². The summed E-state index contributed by atoms with van der Waals surface area (Å²) >= 11 is 3.63. The molecule has 0 aliphatic heterocycles. The molecule has 1 aromatic rings. The normalized spacial score (nSPS) is 18.2. The van der Waals surface area contributed by atoms with Gasteiger partial charge >= 0.3 is 0 Å². The Bertz CT molecular complexity index is 371. The second-order valence-electron chi connectivity index (χ2n) is 5.10. The number of hydrogen-bond donors (Lipinski definition) is 1. The lowest BCUT2D eigenvalue weighted by molar-refractivity contribution is 0.229. The Morgan fingerprint density at radius 1 is 1.25 bits per heavy atom. The van der Waals surface area contributed by atoms with E-state index in [4.69, 9.17) is 5.73 Å². The maximum Gasteiger partial charge on any atom is 0.0233 e. The predicted octanol–water partition coefficient (Wildman–Crippen LogP) is 3.84. The van der Waals surface area contributed by atoms with Gasteiger partial charge in [-0.05, 0) is 61.8 Å². The Kier molecular flexibility index (Phi) is 3.41. The van der Waals surface area contributed by atoms with Crippen LogP contribution in [0.1, 0.15) is 42.4 Å². The van der Waals surface area contributed by atoms with Crippen molar-refractivity contribution in [2.75, 3.05) is 6.54 Å². The SMILES string of the molecule is Cc1cc(C2(CCN)CCC2)cc(C)c1Br. The van der Waals surface area contributed by atoms with Crippen LogP contribution in [0.25, 0.3) is 0 Å². The first-order valence-corrected chi connectivity index (χ1v) is 6.86. The van der Waals surface area contributed by atoms with Crippen molar-refractivity contribution in [3.8, 4) is 0 Å². The van der Waals surface area contributed by atoms with Crippen LogP contribution in [0.2, 0.25) is 0 Å². The molecule has 0 heterocycles. The third-order valence-electron chi connectivity index (χ3n) is 3.98. The number of hydrogen-bond acceptors (Lipinski definition) is 1. The molecule has 0 spiro atoms. The van der Waals surface area contributed by atoms with Gasteiger partial charge in [0.1, 0.15) is 0 Å². The van der Waals surface area contributed by atoms with Gasteiger partial charge in [-0.2, -0.15) is 0 Å². The molecule has 0 bridgehead atoms. The molecule has 0 saturated heterocycles. The monoisotopic (exact) mass is 281 g/mol. The van der Waals surface area contributed by atoms with Gasteiger partial charge in [0.15, 0.2) is 0 Å². The van der Waals surface area contributed by atoms with Crippen LogP contribution in [-0.4, -0.2) is 6.54 Å². The molecule has 1 aliphatic carbocycles. The van der Waals surface area contributed by atoms with E-state index in [9.17, 15) is 0 Å². The van der Waals surface area contributed by atoms with E-state index in [1.807, 2.05) is 0 Å². The molecule has 1 aliphatic rings. The van der Waals surface area contributed by atoms with Crippen LogP contribution in [0.3, 0.4) is 0 Å². The number of rotatable bonds is 3. The molecule has 0 radical (unpaired) electrons. The van der Waals surface area contributed by atoms with Gasteiger partial charge in [-0.1, -0.05) is 34.5 Å². The molecule has 88 valence electrons. The lowest BCUT2D eigenvalue weighted by Gasteiger charge is -2.43. The van der Waals surface area contributed by atoms with Gasteiger partial charge in [0, 0.05) is 4.47 Å². The first-order chi connectivity index (χ1) is 7.59. The molecule has 0 amide bonds. The van der Waals surface area contributed by atoms with Crippen molar-refractivity contribution in [1.29, 1.82) is 0 Å². The van der Waals surface area contributed by atoms with Crippen LogP contribution in [0, 0.1) is 13.8 Å². The summed E-state index contributed by atoms with van der Waals surface area (Å²) in [5, 5.41) is 0. The summed E-state index contributed by atoms with van der Waals surface area (Å²) in [6.07, 6.45) is 5.11. The summed E-state index contributed by atoms with van der Waals surface area (Å²) in [7, 11) is 0. The Morgan fingerprint density at radius 3 is 2.19 bits per heavy atom. The topological polar surface area (TPSA) is 26.0 Å². The van der Waals surface area contributed by atoms with Crippen LogP contribution in [0.15, 0.2) is 16.6 Å². The standard InChI is InChI=1S/C14H20BrN/c1-10-8-12(9-11(2)13(10)15)14(6-7-16)4-3-5-14/h8-9H,3-7,16H2,1-2H3. The molecule has 2 rings (SSSR count). The van der Waals surface area contributed by atoms with Crippen LogP contribution in [-0.2, 0) is 5.41 Å². The van der Waals surface area contributed by atoms with Gasteiger partial charge in [0.25, 0.3) is 0 Å². The van der Waals surface area contributed by atoms with Crippen molar-refractivity contribution >= 4 is 15.9 Å². The lowest BCUT2D eigenvalue weighted by atomic mass is 9.62. The minimum Gasteiger partial charge on any atom is -0.330 e. The van der Waals surface area contributed by atoms with Gasteiger partial charge in [-0.25, -0.2) is 0 Å². The molecule has 1 fully saturated rings. The van der Waals surface area contributed by atoms with E-state index in [0.717, 1.165) is 13.0 Å². The number of benzene rings is 1. The Morgan fingerprint density at radius 2 is 1.81 bits per heavy atom. The van der Waals surface area contributed by atoms with Crippen LogP contribution < -0.4 is 5.73 Å². The smallest absolute Gasteiger partial charge is 0.0233 e. The van der Waals surface area contributed by atoms with E-state index in [2.05, 4.69) is 41.9 Å². The number of halogens is 1. The van der Waals surface area contributed by atoms with E-state index < -0.39 is 0 Å². The maximum absolute atomic E-state index is 5.76. The van der Waals surface area contributed by atoms with Gasteiger partial charge < -0.3 is 5.73 Å². The number of nitrogens with two attached hydrogens (primary N) is 1. The fourth-order valence-electron chi connectivity index (χ4n) is 2.81. The average molecular weight is 282 g/mol. The Hall–Kier alpha value is -0.340. The first-order valence-electron chi connectivity index (χ1n) is 6.06. The number of aryl methyl sites for hydroxylation is 2. The van der Waals surface area contributed by atoms with Crippen molar-refractivity contribution in [1.82, 2.24) is 0 Å². The molecule has 0 atom stereocenters. The molecule has 0 aromatic heterocycles. The molecule has 1 nitrogen and oxygen atoms in total. The molecule has 0 unspecified atom stereocenters. The van der Waals surface area contributed by atoms with Gasteiger partial charge in [-0.15, -0.1) is 0 Å². The molecular formula is C14H20BrN. The zero-order chi connectivity index (χ0) is 11.8.